The molecular formula is C14H22N2. The van der Waals surface area contributed by atoms with Crippen LogP contribution < -0.4 is 0 Å². The first kappa shape index (κ1) is 11.6. The quantitative estimate of drug-likeness (QED) is 0.768. The van der Waals surface area contributed by atoms with Crippen molar-refractivity contribution in [1.82, 2.24) is 9.80 Å². The Labute approximate surface area is 98.9 Å². The molecule has 0 bridgehead atoms. The fraction of sp³-hybridized carbons (Fsp3) is 0.571. The lowest BCUT2D eigenvalue weighted by atomic mass is 10.1. The third-order valence-electron chi connectivity index (χ3n) is 3.60. The molecule has 1 aliphatic heterocycles. The predicted octanol–water partition coefficient (Wildman–Crippen LogP) is 2.38. The van der Waals surface area contributed by atoms with Crippen molar-refractivity contribution in [3.63, 3.8) is 0 Å². The molecule has 1 aromatic rings. The van der Waals surface area contributed by atoms with Gasteiger partial charge in [0.15, 0.2) is 0 Å². The van der Waals surface area contributed by atoms with E-state index in [2.05, 4.69) is 61.3 Å². The van der Waals surface area contributed by atoms with Crippen LogP contribution in [0.25, 0.3) is 0 Å². The van der Waals surface area contributed by atoms with Crippen molar-refractivity contribution in [1.29, 1.82) is 0 Å². The maximum atomic E-state index is 2.54. The third kappa shape index (κ3) is 2.45. The van der Waals surface area contributed by atoms with Crippen molar-refractivity contribution >= 4 is 0 Å². The second-order valence-corrected chi connectivity index (χ2v) is 5.09. The van der Waals surface area contributed by atoms with Crippen LogP contribution in [0.1, 0.15) is 24.4 Å². The molecular weight excluding hydrogens is 196 g/mol. The third-order valence-corrected chi connectivity index (χ3v) is 3.60. The lowest BCUT2D eigenvalue weighted by Gasteiger charge is -2.28. The molecule has 16 heavy (non-hydrogen) atoms. The monoisotopic (exact) mass is 218 g/mol. The molecule has 1 aromatic carbocycles. The zero-order valence-corrected chi connectivity index (χ0v) is 10.6. The Morgan fingerprint density at radius 2 is 1.88 bits per heavy atom. The van der Waals surface area contributed by atoms with Crippen molar-refractivity contribution in [3.8, 4) is 0 Å². The number of likely N-dealkylation sites (N-methyl/N-ethyl adjacent to an activating group) is 2. The van der Waals surface area contributed by atoms with Gasteiger partial charge in [0, 0.05) is 18.6 Å². The van der Waals surface area contributed by atoms with E-state index in [0.717, 1.165) is 0 Å². The largest absolute Gasteiger partial charge is 0.308 e. The van der Waals surface area contributed by atoms with Gasteiger partial charge in [-0.05, 0) is 39.5 Å². The summed E-state index contributed by atoms with van der Waals surface area (Å²) in [7, 11) is 6.58. The van der Waals surface area contributed by atoms with Gasteiger partial charge >= 0.3 is 0 Å². The molecule has 1 heterocycles. The molecule has 2 nitrogen and oxygen atoms in total. The highest BCUT2D eigenvalue weighted by Crippen LogP contribution is 2.34. The lowest BCUT2D eigenvalue weighted by Crippen LogP contribution is -2.35. The van der Waals surface area contributed by atoms with Gasteiger partial charge in [0.2, 0.25) is 0 Å². The van der Waals surface area contributed by atoms with Crippen LogP contribution >= 0.6 is 0 Å². The van der Waals surface area contributed by atoms with Crippen molar-refractivity contribution in [2.75, 3.05) is 27.7 Å². The molecule has 0 amide bonds. The van der Waals surface area contributed by atoms with Crippen LogP contribution in [-0.4, -0.2) is 43.5 Å². The number of hydrogen-bond donors (Lipinski definition) is 0. The average molecular weight is 218 g/mol. The SMILES string of the molecule is CN(C)C[C@@H]1CC[C@H](c2ccccc2)N1C. The van der Waals surface area contributed by atoms with Gasteiger partial charge in [0.05, 0.1) is 0 Å². The molecule has 0 saturated carbocycles. The molecule has 0 unspecified atom stereocenters. The molecule has 1 saturated heterocycles. The van der Waals surface area contributed by atoms with Gasteiger partial charge < -0.3 is 4.90 Å². The highest BCUT2D eigenvalue weighted by molar-refractivity contribution is 5.20. The second kappa shape index (κ2) is 4.98. The van der Waals surface area contributed by atoms with Crippen LogP contribution in [0.3, 0.4) is 0 Å². The molecule has 0 aliphatic carbocycles. The Morgan fingerprint density at radius 1 is 1.19 bits per heavy atom. The maximum absolute atomic E-state index is 2.54. The highest BCUT2D eigenvalue weighted by Gasteiger charge is 2.31. The molecule has 0 radical (unpaired) electrons. The molecule has 0 N–H and O–H groups in total. The summed E-state index contributed by atoms with van der Waals surface area (Å²) in [4.78, 5) is 4.82. The van der Waals surface area contributed by atoms with Crippen LogP contribution in [0.15, 0.2) is 30.3 Å². The highest BCUT2D eigenvalue weighted by atomic mass is 15.2. The van der Waals surface area contributed by atoms with E-state index in [9.17, 15) is 0 Å². The molecule has 0 spiro atoms. The van der Waals surface area contributed by atoms with Gasteiger partial charge in [-0.25, -0.2) is 0 Å². The zero-order valence-electron chi connectivity index (χ0n) is 10.6. The number of hydrogen-bond acceptors (Lipinski definition) is 2. The van der Waals surface area contributed by atoms with E-state index in [4.69, 9.17) is 0 Å². The van der Waals surface area contributed by atoms with Crippen molar-refractivity contribution < 1.29 is 0 Å². The van der Waals surface area contributed by atoms with Crippen molar-refractivity contribution in [2.24, 2.45) is 0 Å². The summed E-state index contributed by atoms with van der Waals surface area (Å²) < 4.78 is 0. The Balaban J connectivity index is 2.04. The lowest BCUT2D eigenvalue weighted by molar-refractivity contribution is 0.202. The van der Waals surface area contributed by atoms with Crippen LogP contribution in [0.5, 0.6) is 0 Å². The Morgan fingerprint density at radius 3 is 2.50 bits per heavy atom. The van der Waals surface area contributed by atoms with Crippen LogP contribution in [0.2, 0.25) is 0 Å². The molecule has 1 aliphatic rings. The van der Waals surface area contributed by atoms with Gasteiger partial charge in [0.25, 0.3) is 0 Å². The van der Waals surface area contributed by atoms with E-state index in [1.807, 2.05) is 0 Å². The smallest absolute Gasteiger partial charge is 0.0349 e. The van der Waals surface area contributed by atoms with Gasteiger partial charge in [-0.3, -0.25) is 4.90 Å². The first-order valence-corrected chi connectivity index (χ1v) is 6.10. The van der Waals surface area contributed by atoms with Gasteiger partial charge in [0.1, 0.15) is 0 Å². The molecule has 2 atom stereocenters. The van der Waals surface area contributed by atoms with E-state index in [-0.39, 0.29) is 0 Å². The van der Waals surface area contributed by atoms with E-state index in [0.29, 0.717) is 12.1 Å². The number of likely N-dealkylation sites (tertiary alicyclic amines) is 1. The average Bonchev–Trinajstić information content (AvgIpc) is 2.61. The Kier molecular flexibility index (Phi) is 3.62. The molecule has 88 valence electrons. The fourth-order valence-electron chi connectivity index (χ4n) is 2.73. The fourth-order valence-corrected chi connectivity index (χ4v) is 2.73. The second-order valence-electron chi connectivity index (χ2n) is 5.09. The summed E-state index contributed by atoms with van der Waals surface area (Å²) >= 11 is 0. The minimum atomic E-state index is 0.617. The molecule has 0 aromatic heterocycles. The summed E-state index contributed by atoms with van der Waals surface area (Å²) in [5, 5.41) is 0. The maximum Gasteiger partial charge on any atom is 0.0349 e. The standard InChI is InChI=1S/C14H22N2/c1-15(2)11-13-9-10-14(16(13)3)12-7-5-4-6-8-12/h4-8,13-14H,9-11H2,1-3H3/t13-,14+/m0/s1. The van der Waals surface area contributed by atoms with Crippen LogP contribution in [-0.2, 0) is 0 Å². The van der Waals surface area contributed by atoms with E-state index < -0.39 is 0 Å². The van der Waals surface area contributed by atoms with E-state index >= 15 is 0 Å². The normalized spacial score (nSPS) is 26.5. The molecule has 1 fully saturated rings. The first-order chi connectivity index (χ1) is 7.68. The number of benzene rings is 1. The summed E-state index contributed by atoms with van der Waals surface area (Å²) in [6.45, 7) is 1.17. The topological polar surface area (TPSA) is 6.48 Å². The first-order valence-electron chi connectivity index (χ1n) is 6.10. The number of rotatable bonds is 3. The van der Waals surface area contributed by atoms with Gasteiger partial charge in [-0.2, -0.15) is 0 Å². The summed E-state index contributed by atoms with van der Waals surface area (Å²) in [6, 6.07) is 12.2. The van der Waals surface area contributed by atoms with Crippen molar-refractivity contribution in [2.45, 2.75) is 24.9 Å². The van der Waals surface area contributed by atoms with Crippen LogP contribution in [0, 0.1) is 0 Å². The van der Waals surface area contributed by atoms with Crippen molar-refractivity contribution in [3.05, 3.63) is 35.9 Å². The molecule has 2 rings (SSSR count). The minimum Gasteiger partial charge on any atom is -0.308 e. The summed E-state index contributed by atoms with van der Waals surface area (Å²) in [5.74, 6) is 0. The zero-order chi connectivity index (χ0) is 11.5. The Hall–Kier alpha value is -0.860. The Bertz CT molecular complexity index is 321. The summed E-state index contributed by atoms with van der Waals surface area (Å²) in [5.41, 5.74) is 1.46. The predicted molar refractivity (Wildman–Crippen MR) is 68.5 cm³/mol. The minimum absolute atomic E-state index is 0.617. The van der Waals surface area contributed by atoms with E-state index in [1.54, 1.807) is 0 Å². The van der Waals surface area contributed by atoms with Crippen LogP contribution in [0.4, 0.5) is 0 Å². The van der Waals surface area contributed by atoms with Gasteiger partial charge in [-0.15, -0.1) is 0 Å². The summed E-state index contributed by atoms with van der Waals surface area (Å²) in [6.07, 6.45) is 2.60. The van der Waals surface area contributed by atoms with Gasteiger partial charge in [-0.1, -0.05) is 30.3 Å². The number of nitrogens with zero attached hydrogens (tertiary/aromatic N) is 2. The van der Waals surface area contributed by atoms with E-state index in [1.165, 1.54) is 24.9 Å². The molecule has 2 heteroatoms.